The van der Waals surface area contributed by atoms with E-state index in [1.54, 1.807) is 6.08 Å². The van der Waals surface area contributed by atoms with Crippen molar-refractivity contribution in [3.8, 4) is 0 Å². The lowest BCUT2D eigenvalue weighted by atomic mass is 10.1. The van der Waals surface area contributed by atoms with Crippen LogP contribution < -0.4 is 5.32 Å². The van der Waals surface area contributed by atoms with Crippen molar-refractivity contribution in [2.75, 3.05) is 6.54 Å². The third kappa shape index (κ3) is 8.52. The summed E-state index contributed by atoms with van der Waals surface area (Å²) in [4.78, 5) is 11.6. The van der Waals surface area contributed by atoms with Crippen molar-refractivity contribution in [3.63, 3.8) is 0 Å². The van der Waals surface area contributed by atoms with Crippen molar-refractivity contribution in [2.45, 2.75) is 51.9 Å². The molecule has 0 aliphatic carbocycles. The number of carbonyl (C=O) groups is 1. The summed E-state index contributed by atoms with van der Waals surface area (Å²) in [6.45, 7) is 3.02. The highest BCUT2D eigenvalue weighted by atomic mass is 16.1. The van der Waals surface area contributed by atoms with E-state index in [1.165, 1.54) is 38.5 Å². The zero-order valence-corrected chi connectivity index (χ0v) is 12.6. The first kappa shape index (κ1) is 16.5. The van der Waals surface area contributed by atoms with Gasteiger partial charge in [0.15, 0.2) is 0 Å². The molecule has 1 aromatic carbocycles. The Labute approximate surface area is 123 Å². The lowest BCUT2D eigenvalue weighted by molar-refractivity contribution is -0.116. The van der Waals surface area contributed by atoms with Crippen LogP contribution in [0.25, 0.3) is 6.08 Å². The zero-order chi connectivity index (χ0) is 14.5. The Morgan fingerprint density at radius 3 is 2.35 bits per heavy atom. The summed E-state index contributed by atoms with van der Waals surface area (Å²) in [5.41, 5.74) is 1.05. The maximum atomic E-state index is 11.6. The SMILES string of the molecule is CCCCCCCCCNC(=O)/C=C/c1ccccc1. The molecule has 1 amide bonds. The molecule has 0 heterocycles. The average molecular weight is 273 g/mol. The summed E-state index contributed by atoms with van der Waals surface area (Å²) in [6, 6.07) is 9.88. The van der Waals surface area contributed by atoms with Crippen LogP contribution in [0.15, 0.2) is 36.4 Å². The molecule has 2 nitrogen and oxygen atoms in total. The number of amides is 1. The predicted molar refractivity (Wildman–Crippen MR) is 86.5 cm³/mol. The molecule has 0 aliphatic rings. The van der Waals surface area contributed by atoms with Crippen LogP contribution in [0.3, 0.4) is 0 Å². The van der Waals surface area contributed by atoms with Gasteiger partial charge < -0.3 is 5.32 Å². The van der Waals surface area contributed by atoms with Crippen LogP contribution in [0.2, 0.25) is 0 Å². The van der Waals surface area contributed by atoms with Crippen LogP contribution in [0.5, 0.6) is 0 Å². The van der Waals surface area contributed by atoms with E-state index in [0.29, 0.717) is 0 Å². The highest BCUT2D eigenvalue weighted by Crippen LogP contribution is 2.06. The first-order valence-electron chi connectivity index (χ1n) is 7.84. The highest BCUT2D eigenvalue weighted by molar-refractivity contribution is 5.91. The van der Waals surface area contributed by atoms with Crippen molar-refractivity contribution in [1.29, 1.82) is 0 Å². The first-order valence-corrected chi connectivity index (χ1v) is 7.84. The number of rotatable bonds is 10. The third-order valence-electron chi connectivity index (χ3n) is 3.31. The van der Waals surface area contributed by atoms with E-state index < -0.39 is 0 Å². The van der Waals surface area contributed by atoms with E-state index in [-0.39, 0.29) is 5.91 Å². The monoisotopic (exact) mass is 273 g/mol. The highest BCUT2D eigenvalue weighted by Gasteiger charge is 1.95. The van der Waals surface area contributed by atoms with Crippen molar-refractivity contribution in [2.24, 2.45) is 0 Å². The number of carbonyl (C=O) groups excluding carboxylic acids is 1. The molecule has 0 bridgehead atoms. The maximum Gasteiger partial charge on any atom is 0.243 e. The Bertz CT molecular complexity index is 384. The first-order chi connectivity index (χ1) is 9.83. The number of benzene rings is 1. The smallest absolute Gasteiger partial charge is 0.243 e. The summed E-state index contributed by atoms with van der Waals surface area (Å²) >= 11 is 0. The standard InChI is InChI=1S/C18H27NO/c1-2-3-4-5-6-7-11-16-19-18(20)15-14-17-12-9-8-10-13-17/h8-10,12-15H,2-7,11,16H2,1H3,(H,19,20)/b15-14+. The number of hydrogen-bond acceptors (Lipinski definition) is 1. The van der Waals surface area contributed by atoms with Crippen LogP contribution in [-0.2, 0) is 4.79 Å². The van der Waals surface area contributed by atoms with Crippen LogP contribution in [0, 0.1) is 0 Å². The normalized spacial score (nSPS) is 10.8. The van der Waals surface area contributed by atoms with Gasteiger partial charge >= 0.3 is 0 Å². The lowest BCUT2D eigenvalue weighted by Gasteiger charge is -2.02. The molecule has 110 valence electrons. The molecule has 0 saturated carbocycles. The second-order valence-corrected chi connectivity index (χ2v) is 5.16. The molecule has 1 rings (SSSR count). The van der Waals surface area contributed by atoms with Crippen LogP contribution in [0.1, 0.15) is 57.4 Å². The quantitative estimate of drug-likeness (QED) is 0.491. The van der Waals surface area contributed by atoms with Gasteiger partial charge in [0.2, 0.25) is 5.91 Å². The Hall–Kier alpha value is -1.57. The van der Waals surface area contributed by atoms with Gasteiger partial charge in [-0.3, -0.25) is 4.79 Å². The topological polar surface area (TPSA) is 29.1 Å². The van der Waals surface area contributed by atoms with Gasteiger partial charge in [-0.25, -0.2) is 0 Å². The van der Waals surface area contributed by atoms with E-state index in [1.807, 2.05) is 36.4 Å². The molecule has 0 radical (unpaired) electrons. The average Bonchev–Trinajstić information content (AvgIpc) is 2.49. The number of unbranched alkanes of at least 4 members (excludes halogenated alkanes) is 6. The molecule has 20 heavy (non-hydrogen) atoms. The molecule has 0 spiro atoms. The molecule has 0 fully saturated rings. The lowest BCUT2D eigenvalue weighted by Crippen LogP contribution is -2.21. The molecule has 2 heteroatoms. The fourth-order valence-electron chi connectivity index (χ4n) is 2.09. The molecule has 1 N–H and O–H groups in total. The Morgan fingerprint density at radius 1 is 1.00 bits per heavy atom. The third-order valence-corrected chi connectivity index (χ3v) is 3.31. The van der Waals surface area contributed by atoms with E-state index in [4.69, 9.17) is 0 Å². The minimum Gasteiger partial charge on any atom is -0.353 e. The van der Waals surface area contributed by atoms with E-state index in [0.717, 1.165) is 18.5 Å². The Balaban J connectivity index is 2.02. The second kappa shape index (κ2) is 11.3. The van der Waals surface area contributed by atoms with E-state index in [2.05, 4.69) is 12.2 Å². The van der Waals surface area contributed by atoms with E-state index >= 15 is 0 Å². The molecule has 0 aromatic heterocycles. The summed E-state index contributed by atoms with van der Waals surface area (Å²) in [5, 5.41) is 2.93. The van der Waals surface area contributed by atoms with Gasteiger partial charge in [-0.05, 0) is 18.1 Å². The maximum absolute atomic E-state index is 11.6. The molecule has 0 unspecified atom stereocenters. The zero-order valence-electron chi connectivity index (χ0n) is 12.6. The molecule has 0 atom stereocenters. The predicted octanol–water partition coefficient (Wildman–Crippen LogP) is 4.57. The minimum absolute atomic E-state index is 0.000152. The Kier molecular flexibility index (Phi) is 9.29. The van der Waals surface area contributed by atoms with Gasteiger partial charge in [0.05, 0.1) is 0 Å². The fourth-order valence-corrected chi connectivity index (χ4v) is 2.09. The van der Waals surface area contributed by atoms with Crippen molar-refractivity contribution >= 4 is 12.0 Å². The number of nitrogens with one attached hydrogen (secondary N) is 1. The van der Waals surface area contributed by atoms with Gasteiger partial charge in [0, 0.05) is 12.6 Å². The van der Waals surface area contributed by atoms with Gasteiger partial charge in [-0.15, -0.1) is 0 Å². The van der Waals surface area contributed by atoms with Crippen LogP contribution in [0.4, 0.5) is 0 Å². The molecule has 1 aromatic rings. The Morgan fingerprint density at radius 2 is 1.65 bits per heavy atom. The summed E-state index contributed by atoms with van der Waals surface area (Å²) in [7, 11) is 0. The molecule has 0 aliphatic heterocycles. The fraction of sp³-hybridized carbons (Fsp3) is 0.500. The van der Waals surface area contributed by atoms with Crippen molar-refractivity contribution in [3.05, 3.63) is 42.0 Å². The van der Waals surface area contributed by atoms with Crippen LogP contribution in [-0.4, -0.2) is 12.5 Å². The minimum atomic E-state index is -0.000152. The summed E-state index contributed by atoms with van der Waals surface area (Å²) < 4.78 is 0. The van der Waals surface area contributed by atoms with Crippen molar-refractivity contribution in [1.82, 2.24) is 5.32 Å². The summed E-state index contributed by atoms with van der Waals surface area (Å²) in [6.07, 6.45) is 12.4. The van der Waals surface area contributed by atoms with Gasteiger partial charge in [0.1, 0.15) is 0 Å². The van der Waals surface area contributed by atoms with Crippen LogP contribution >= 0.6 is 0 Å². The van der Waals surface area contributed by atoms with Gasteiger partial charge in [-0.2, -0.15) is 0 Å². The second-order valence-electron chi connectivity index (χ2n) is 5.16. The molecule has 0 saturated heterocycles. The van der Waals surface area contributed by atoms with Crippen molar-refractivity contribution < 1.29 is 4.79 Å². The van der Waals surface area contributed by atoms with Gasteiger partial charge in [0.25, 0.3) is 0 Å². The molecular weight excluding hydrogens is 246 g/mol. The molecular formula is C18H27NO. The van der Waals surface area contributed by atoms with E-state index in [9.17, 15) is 4.79 Å². The summed E-state index contributed by atoms with van der Waals surface area (Å²) in [5.74, 6) is -0.000152. The van der Waals surface area contributed by atoms with Gasteiger partial charge in [-0.1, -0.05) is 75.8 Å². The largest absolute Gasteiger partial charge is 0.353 e. The number of hydrogen-bond donors (Lipinski definition) is 1.